The number of carbonyl (C=O) groups excluding carboxylic acids is 2. The molecule has 0 N–H and O–H groups in total. The van der Waals surface area contributed by atoms with Crippen LogP contribution in [0.15, 0.2) is 48.5 Å². The molecule has 1 aliphatic carbocycles. The van der Waals surface area contributed by atoms with E-state index in [1.54, 1.807) is 55.6 Å². The van der Waals surface area contributed by atoms with Crippen molar-refractivity contribution < 1.29 is 23.8 Å². The fourth-order valence-electron chi connectivity index (χ4n) is 3.10. The second kappa shape index (κ2) is 8.58. The number of hydrogen-bond donors (Lipinski definition) is 0. The van der Waals surface area contributed by atoms with Gasteiger partial charge in [-0.3, -0.25) is 4.90 Å². The lowest BCUT2D eigenvalue weighted by Gasteiger charge is -2.23. The van der Waals surface area contributed by atoms with Crippen molar-refractivity contribution in [1.29, 1.82) is 0 Å². The molecule has 1 amide bonds. The molecule has 1 fully saturated rings. The number of rotatable bonds is 5. The zero-order valence-electron chi connectivity index (χ0n) is 15.5. The Morgan fingerprint density at radius 3 is 2.37 bits per heavy atom. The lowest BCUT2D eigenvalue weighted by atomic mass is 10.2. The fraction of sp³-hybridized carbons (Fsp3) is 0.333. The number of anilines is 1. The molecule has 6 nitrogen and oxygen atoms in total. The monoisotopic (exact) mass is 369 g/mol. The minimum Gasteiger partial charge on any atom is -0.493 e. The molecule has 3 rings (SSSR count). The normalized spacial score (nSPS) is 13.9. The second-order valence-corrected chi connectivity index (χ2v) is 6.41. The van der Waals surface area contributed by atoms with Gasteiger partial charge in [-0.25, -0.2) is 9.59 Å². The van der Waals surface area contributed by atoms with E-state index in [1.165, 1.54) is 11.9 Å². The summed E-state index contributed by atoms with van der Waals surface area (Å²) in [5.74, 6) is 0.320. The topological polar surface area (TPSA) is 65.1 Å². The summed E-state index contributed by atoms with van der Waals surface area (Å²) in [6, 6.07) is 13.7. The van der Waals surface area contributed by atoms with Crippen molar-refractivity contribution in [3.8, 4) is 11.5 Å². The molecular weight excluding hydrogens is 346 g/mol. The Morgan fingerprint density at radius 1 is 1.00 bits per heavy atom. The number of ether oxygens (including phenoxy) is 3. The van der Waals surface area contributed by atoms with E-state index in [1.807, 2.05) is 0 Å². The lowest BCUT2D eigenvalue weighted by Crippen LogP contribution is -2.30. The SMILES string of the molecule is COc1cccc(N(C)C(=O)OC(=O)c2ccccc2)c1OC1CCCC1. The summed E-state index contributed by atoms with van der Waals surface area (Å²) in [5, 5.41) is 0. The van der Waals surface area contributed by atoms with Crippen LogP contribution in [-0.4, -0.2) is 32.3 Å². The molecule has 0 radical (unpaired) electrons. The van der Waals surface area contributed by atoms with Gasteiger partial charge in [0.15, 0.2) is 11.5 Å². The maximum Gasteiger partial charge on any atom is 0.422 e. The van der Waals surface area contributed by atoms with Crippen LogP contribution in [0.5, 0.6) is 11.5 Å². The number of para-hydroxylation sites is 1. The molecule has 0 bridgehead atoms. The van der Waals surface area contributed by atoms with Gasteiger partial charge in [-0.05, 0) is 49.9 Å². The first-order valence-electron chi connectivity index (χ1n) is 8.98. The van der Waals surface area contributed by atoms with Crippen molar-refractivity contribution >= 4 is 17.7 Å². The van der Waals surface area contributed by atoms with Crippen LogP contribution >= 0.6 is 0 Å². The van der Waals surface area contributed by atoms with Gasteiger partial charge in [0.2, 0.25) is 0 Å². The van der Waals surface area contributed by atoms with Gasteiger partial charge in [0.05, 0.1) is 24.5 Å². The molecule has 142 valence electrons. The summed E-state index contributed by atoms with van der Waals surface area (Å²) in [5.41, 5.74) is 0.805. The number of benzene rings is 2. The smallest absolute Gasteiger partial charge is 0.422 e. The average Bonchev–Trinajstić information content (AvgIpc) is 3.21. The fourth-order valence-corrected chi connectivity index (χ4v) is 3.10. The van der Waals surface area contributed by atoms with Gasteiger partial charge < -0.3 is 14.2 Å². The third kappa shape index (κ3) is 4.39. The van der Waals surface area contributed by atoms with Gasteiger partial charge in [0.25, 0.3) is 0 Å². The van der Waals surface area contributed by atoms with Gasteiger partial charge >= 0.3 is 12.1 Å². The highest BCUT2D eigenvalue weighted by molar-refractivity contribution is 6.01. The number of hydrogen-bond acceptors (Lipinski definition) is 5. The Labute approximate surface area is 158 Å². The average molecular weight is 369 g/mol. The largest absolute Gasteiger partial charge is 0.493 e. The molecule has 0 unspecified atom stereocenters. The van der Waals surface area contributed by atoms with Crippen LogP contribution in [0.1, 0.15) is 36.0 Å². The molecule has 0 heterocycles. The van der Waals surface area contributed by atoms with E-state index < -0.39 is 12.1 Å². The standard InChI is InChI=1S/C21H23NO5/c1-22(21(24)27-20(23)15-9-4-3-5-10-15)17-13-8-14-18(25-2)19(17)26-16-11-6-7-12-16/h3-5,8-10,13-14,16H,6-7,11-12H2,1-2H3. The predicted molar refractivity (Wildman–Crippen MR) is 102 cm³/mol. The van der Waals surface area contributed by atoms with E-state index >= 15 is 0 Å². The van der Waals surface area contributed by atoms with E-state index in [-0.39, 0.29) is 6.10 Å². The summed E-state index contributed by atoms with van der Waals surface area (Å²) in [4.78, 5) is 25.9. The maximum absolute atomic E-state index is 12.5. The summed E-state index contributed by atoms with van der Waals surface area (Å²) in [6.07, 6.45) is 3.50. The number of esters is 1. The third-order valence-corrected chi connectivity index (χ3v) is 4.59. The summed E-state index contributed by atoms with van der Waals surface area (Å²) < 4.78 is 16.5. The van der Waals surface area contributed by atoms with Crippen LogP contribution < -0.4 is 14.4 Å². The van der Waals surface area contributed by atoms with Crippen molar-refractivity contribution in [3.63, 3.8) is 0 Å². The van der Waals surface area contributed by atoms with Crippen LogP contribution in [0.4, 0.5) is 10.5 Å². The minimum atomic E-state index is -0.784. The van der Waals surface area contributed by atoms with Crippen LogP contribution in [0.25, 0.3) is 0 Å². The first-order valence-corrected chi connectivity index (χ1v) is 8.98. The highest BCUT2D eigenvalue weighted by Crippen LogP contribution is 2.39. The van der Waals surface area contributed by atoms with Crippen molar-refractivity contribution in [3.05, 3.63) is 54.1 Å². The Bertz CT molecular complexity index is 799. The number of carbonyl (C=O) groups is 2. The van der Waals surface area contributed by atoms with Crippen LogP contribution in [0.3, 0.4) is 0 Å². The minimum absolute atomic E-state index is 0.0930. The van der Waals surface area contributed by atoms with Crippen molar-refractivity contribution in [2.75, 3.05) is 19.1 Å². The third-order valence-electron chi connectivity index (χ3n) is 4.59. The molecule has 1 saturated carbocycles. The summed E-state index contributed by atoms with van der Waals surface area (Å²) in [6.45, 7) is 0. The lowest BCUT2D eigenvalue weighted by molar-refractivity contribution is 0.0635. The van der Waals surface area contributed by atoms with Crippen molar-refractivity contribution in [2.24, 2.45) is 0 Å². The maximum atomic E-state index is 12.5. The Hall–Kier alpha value is -3.02. The predicted octanol–water partition coefficient (Wildman–Crippen LogP) is 4.43. The summed E-state index contributed by atoms with van der Waals surface area (Å²) >= 11 is 0. The Balaban J connectivity index is 1.79. The van der Waals surface area contributed by atoms with E-state index in [9.17, 15) is 9.59 Å². The van der Waals surface area contributed by atoms with E-state index in [2.05, 4.69) is 0 Å². The van der Waals surface area contributed by atoms with Crippen molar-refractivity contribution in [2.45, 2.75) is 31.8 Å². The van der Waals surface area contributed by atoms with E-state index in [4.69, 9.17) is 14.2 Å². The van der Waals surface area contributed by atoms with Crippen molar-refractivity contribution in [1.82, 2.24) is 0 Å². The van der Waals surface area contributed by atoms with Crippen LogP contribution in [0, 0.1) is 0 Å². The number of nitrogens with zero attached hydrogens (tertiary/aromatic N) is 1. The molecule has 6 heteroatoms. The number of amides is 1. The molecule has 27 heavy (non-hydrogen) atoms. The molecule has 2 aromatic carbocycles. The summed E-state index contributed by atoms with van der Waals surface area (Å²) in [7, 11) is 3.09. The molecule has 0 saturated heterocycles. The molecule has 2 aromatic rings. The van der Waals surface area contributed by atoms with Gasteiger partial charge in [0, 0.05) is 7.05 Å². The quantitative estimate of drug-likeness (QED) is 0.576. The molecule has 1 aliphatic rings. The molecule has 0 spiro atoms. The highest BCUT2D eigenvalue weighted by Gasteiger charge is 2.25. The Kier molecular flexibility index (Phi) is 5.96. The second-order valence-electron chi connectivity index (χ2n) is 6.41. The first kappa shape index (κ1) is 18.8. The van der Waals surface area contributed by atoms with Gasteiger partial charge in [0.1, 0.15) is 0 Å². The zero-order valence-corrected chi connectivity index (χ0v) is 15.5. The molecule has 0 atom stereocenters. The van der Waals surface area contributed by atoms with E-state index in [0.29, 0.717) is 22.7 Å². The highest BCUT2D eigenvalue weighted by atomic mass is 16.6. The van der Waals surface area contributed by atoms with Crippen LogP contribution in [0.2, 0.25) is 0 Å². The van der Waals surface area contributed by atoms with Gasteiger partial charge in [-0.1, -0.05) is 24.3 Å². The van der Waals surface area contributed by atoms with Gasteiger partial charge in [-0.2, -0.15) is 0 Å². The van der Waals surface area contributed by atoms with E-state index in [0.717, 1.165) is 25.7 Å². The molecule has 0 aliphatic heterocycles. The van der Waals surface area contributed by atoms with Gasteiger partial charge in [-0.15, -0.1) is 0 Å². The first-order chi connectivity index (χ1) is 13.1. The molecule has 0 aromatic heterocycles. The zero-order chi connectivity index (χ0) is 19.2. The number of methoxy groups -OCH3 is 1. The Morgan fingerprint density at radius 2 is 1.70 bits per heavy atom. The van der Waals surface area contributed by atoms with Crippen LogP contribution in [-0.2, 0) is 4.74 Å². The molecular formula is C21H23NO5.